The predicted molar refractivity (Wildman–Crippen MR) is 105 cm³/mol. The lowest BCUT2D eigenvalue weighted by Crippen LogP contribution is -2.31. The molecule has 1 saturated heterocycles. The molecule has 4 heterocycles. The highest BCUT2D eigenvalue weighted by Gasteiger charge is 2.19. The number of aromatic amines is 1. The smallest absolute Gasteiger partial charge is 0.186 e. The van der Waals surface area contributed by atoms with Crippen LogP contribution in [0.5, 0.6) is 0 Å². The molecule has 0 amide bonds. The summed E-state index contributed by atoms with van der Waals surface area (Å²) in [6, 6.07) is 14.7. The summed E-state index contributed by atoms with van der Waals surface area (Å²) in [6.07, 6.45) is 3.05. The number of para-hydroxylation sites is 1. The molecule has 1 fully saturated rings. The van der Waals surface area contributed by atoms with Crippen LogP contribution in [0.4, 0.5) is 10.9 Å². The lowest BCUT2D eigenvalue weighted by atomic mass is 10.3. The van der Waals surface area contributed by atoms with Crippen LogP contribution in [0, 0.1) is 0 Å². The number of rotatable bonds is 2. The molecule has 5 nitrogen and oxygen atoms in total. The lowest BCUT2D eigenvalue weighted by Gasteiger charge is -2.22. The minimum Gasteiger partial charge on any atom is -0.355 e. The molecule has 0 aliphatic carbocycles. The van der Waals surface area contributed by atoms with Gasteiger partial charge in [0.25, 0.3) is 0 Å². The maximum atomic E-state index is 4.82. The third-order valence-corrected chi connectivity index (χ3v) is 5.86. The van der Waals surface area contributed by atoms with Crippen molar-refractivity contribution in [3.8, 4) is 0 Å². The first kappa shape index (κ1) is 14.7. The summed E-state index contributed by atoms with van der Waals surface area (Å²) in [5.74, 6) is 1.06. The summed E-state index contributed by atoms with van der Waals surface area (Å²) in [7, 11) is 0. The van der Waals surface area contributed by atoms with E-state index in [2.05, 4.69) is 57.2 Å². The number of hydrogen-bond acceptors (Lipinski definition) is 5. The Hall–Kier alpha value is -2.60. The van der Waals surface area contributed by atoms with Crippen LogP contribution in [-0.2, 0) is 0 Å². The van der Waals surface area contributed by atoms with Crippen molar-refractivity contribution < 1.29 is 0 Å². The number of hydrogen-bond donors (Lipinski definition) is 1. The Kier molecular flexibility index (Phi) is 3.56. The molecule has 1 aliphatic heterocycles. The topological polar surface area (TPSA) is 48.0 Å². The Bertz CT molecular complexity index is 978. The van der Waals surface area contributed by atoms with E-state index in [1.165, 1.54) is 4.70 Å². The van der Waals surface area contributed by atoms with Crippen molar-refractivity contribution in [3.05, 3.63) is 48.7 Å². The first-order valence-corrected chi connectivity index (χ1v) is 9.48. The van der Waals surface area contributed by atoms with Crippen molar-refractivity contribution >= 4 is 43.5 Å². The zero-order chi connectivity index (χ0) is 16.6. The van der Waals surface area contributed by atoms with Crippen LogP contribution >= 0.6 is 11.3 Å². The Morgan fingerprint density at radius 2 is 1.76 bits per heavy atom. The fraction of sp³-hybridized carbons (Fsp3) is 0.263. The van der Waals surface area contributed by atoms with Gasteiger partial charge >= 0.3 is 0 Å². The van der Waals surface area contributed by atoms with Crippen molar-refractivity contribution in [1.82, 2.24) is 15.0 Å². The molecule has 5 rings (SSSR count). The fourth-order valence-electron chi connectivity index (χ4n) is 3.43. The van der Waals surface area contributed by atoms with E-state index >= 15 is 0 Å². The number of pyridine rings is 1. The third-order valence-electron chi connectivity index (χ3n) is 4.77. The van der Waals surface area contributed by atoms with Gasteiger partial charge in [-0.1, -0.05) is 23.5 Å². The van der Waals surface area contributed by atoms with Crippen molar-refractivity contribution in [2.45, 2.75) is 6.42 Å². The van der Waals surface area contributed by atoms with Gasteiger partial charge < -0.3 is 14.8 Å². The molecule has 4 aromatic rings. The largest absolute Gasteiger partial charge is 0.355 e. The molecule has 0 bridgehead atoms. The second kappa shape index (κ2) is 6.04. The highest BCUT2D eigenvalue weighted by molar-refractivity contribution is 7.22. The molecule has 0 saturated carbocycles. The number of nitrogens with zero attached hydrogens (tertiary/aromatic N) is 4. The van der Waals surface area contributed by atoms with Crippen LogP contribution in [0.25, 0.3) is 21.3 Å². The molecule has 1 aromatic carbocycles. The summed E-state index contributed by atoms with van der Waals surface area (Å²) in [5, 5.41) is 2.30. The Labute approximate surface area is 149 Å². The number of anilines is 2. The monoisotopic (exact) mass is 349 g/mol. The van der Waals surface area contributed by atoms with Crippen molar-refractivity contribution in [1.29, 1.82) is 0 Å². The lowest BCUT2D eigenvalue weighted by molar-refractivity contribution is 0.798. The van der Waals surface area contributed by atoms with Crippen molar-refractivity contribution in [3.63, 3.8) is 0 Å². The van der Waals surface area contributed by atoms with E-state index in [9.17, 15) is 0 Å². The molecule has 1 aliphatic rings. The molecule has 0 atom stereocenters. The first-order chi connectivity index (χ1) is 12.4. The van der Waals surface area contributed by atoms with Crippen LogP contribution in [0.15, 0.2) is 48.7 Å². The number of fused-ring (bicyclic) bond motifs is 2. The van der Waals surface area contributed by atoms with Crippen LogP contribution in [-0.4, -0.2) is 41.1 Å². The van der Waals surface area contributed by atoms with E-state index in [1.54, 1.807) is 11.3 Å². The molecule has 3 aromatic heterocycles. The van der Waals surface area contributed by atoms with Gasteiger partial charge in [0.15, 0.2) is 5.13 Å². The minimum atomic E-state index is 0.963. The molecule has 6 heteroatoms. The van der Waals surface area contributed by atoms with Gasteiger partial charge in [-0.2, -0.15) is 0 Å². The maximum Gasteiger partial charge on any atom is 0.186 e. The summed E-state index contributed by atoms with van der Waals surface area (Å²) in [4.78, 5) is 17.6. The van der Waals surface area contributed by atoms with Gasteiger partial charge in [0.05, 0.1) is 10.2 Å². The van der Waals surface area contributed by atoms with E-state index in [-0.39, 0.29) is 0 Å². The van der Waals surface area contributed by atoms with Crippen molar-refractivity contribution in [2.75, 3.05) is 36.0 Å². The van der Waals surface area contributed by atoms with E-state index in [4.69, 9.17) is 9.97 Å². The van der Waals surface area contributed by atoms with E-state index in [1.807, 2.05) is 6.20 Å². The van der Waals surface area contributed by atoms with E-state index in [0.29, 0.717) is 0 Å². The average Bonchev–Trinajstić information content (AvgIpc) is 3.21. The Morgan fingerprint density at radius 1 is 0.880 bits per heavy atom. The van der Waals surface area contributed by atoms with Gasteiger partial charge in [-0.25, -0.2) is 9.97 Å². The van der Waals surface area contributed by atoms with E-state index in [0.717, 1.165) is 60.1 Å². The van der Waals surface area contributed by atoms with Gasteiger partial charge in [-0.15, -0.1) is 0 Å². The molecule has 0 radical (unpaired) electrons. The summed E-state index contributed by atoms with van der Waals surface area (Å²) < 4.78 is 1.26. The molecule has 126 valence electrons. The maximum absolute atomic E-state index is 4.82. The third kappa shape index (κ3) is 2.72. The van der Waals surface area contributed by atoms with Gasteiger partial charge in [0, 0.05) is 37.8 Å². The summed E-state index contributed by atoms with van der Waals surface area (Å²) >= 11 is 1.79. The average molecular weight is 349 g/mol. The van der Waals surface area contributed by atoms with Gasteiger partial charge in [-0.3, -0.25) is 0 Å². The highest BCUT2D eigenvalue weighted by Crippen LogP contribution is 2.29. The minimum absolute atomic E-state index is 0.963. The van der Waals surface area contributed by atoms with Crippen LogP contribution in [0.1, 0.15) is 6.42 Å². The Morgan fingerprint density at radius 3 is 2.72 bits per heavy atom. The van der Waals surface area contributed by atoms with Crippen LogP contribution < -0.4 is 9.80 Å². The van der Waals surface area contributed by atoms with Crippen molar-refractivity contribution in [2.24, 2.45) is 0 Å². The summed E-state index contributed by atoms with van der Waals surface area (Å²) in [6.45, 7) is 4.01. The van der Waals surface area contributed by atoms with Gasteiger partial charge in [-0.05, 0) is 36.8 Å². The first-order valence-electron chi connectivity index (χ1n) is 8.66. The molecule has 1 N–H and O–H groups in total. The standard InChI is InChI=1S/C19H19N5S/c1-2-5-16-15(4-1)21-19(25-16)24-11-3-10-23(12-13-24)17-7-6-14-8-9-20-18(14)22-17/h1-2,4-9H,3,10-13H2,(H,20,22). The summed E-state index contributed by atoms with van der Waals surface area (Å²) in [5.41, 5.74) is 2.06. The second-order valence-corrected chi connectivity index (χ2v) is 7.39. The van der Waals surface area contributed by atoms with Gasteiger partial charge in [0.2, 0.25) is 0 Å². The molecule has 0 spiro atoms. The van der Waals surface area contributed by atoms with Gasteiger partial charge in [0.1, 0.15) is 11.5 Å². The quantitative estimate of drug-likeness (QED) is 0.596. The van der Waals surface area contributed by atoms with Crippen LogP contribution in [0.2, 0.25) is 0 Å². The second-order valence-electron chi connectivity index (χ2n) is 6.38. The predicted octanol–water partition coefficient (Wildman–Crippen LogP) is 3.89. The number of benzene rings is 1. The number of nitrogens with one attached hydrogen (secondary N) is 1. The highest BCUT2D eigenvalue weighted by atomic mass is 32.1. The fourth-order valence-corrected chi connectivity index (χ4v) is 4.45. The number of aromatic nitrogens is 3. The zero-order valence-corrected chi connectivity index (χ0v) is 14.7. The number of H-pyrrole nitrogens is 1. The normalized spacial score (nSPS) is 15.8. The molecule has 0 unspecified atom stereocenters. The zero-order valence-electron chi connectivity index (χ0n) is 13.9. The Balaban J connectivity index is 1.37. The molecule has 25 heavy (non-hydrogen) atoms. The van der Waals surface area contributed by atoms with Crippen LogP contribution in [0.3, 0.4) is 0 Å². The molecular weight excluding hydrogens is 330 g/mol. The molecular formula is C19H19N5S. The van der Waals surface area contributed by atoms with E-state index < -0.39 is 0 Å². The number of thiazole rings is 1. The SMILES string of the molecule is c1ccc2sc(N3CCCN(c4ccc5cc[nH]c5n4)CC3)nc2c1.